The molecule has 2 heterocycles. The van der Waals surface area contributed by atoms with E-state index in [-0.39, 0.29) is 23.8 Å². The highest BCUT2D eigenvalue weighted by molar-refractivity contribution is 6.04. The molecule has 0 amide bonds. The van der Waals surface area contributed by atoms with Crippen molar-refractivity contribution in [2.45, 2.75) is 26.1 Å². The van der Waals surface area contributed by atoms with E-state index >= 15 is 0 Å². The summed E-state index contributed by atoms with van der Waals surface area (Å²) in [5.41, 5.74) is 1.59. The molecule has 1 aliphatic rings. The van der Waals surface area contributed by atoms with Crippen LogP contribution in [0.3, 0.4) is 0 Å². The Hall–Kier alpha value is -2.59. The number of carbonyl (C=O) groups is 1. The maximum atomic E-state index is 12.0. The Morgan fingerprint density at radius 3 is 2.83 bits per heavy atom. The van der Waals surface area contributed by atoms with Crippen molar-refractivity contribution in [3.63, 3.8) is 0 Å². The van der Waals surface area contributed by atoms with Crippen molar-refractivity contribution in [2.75, 3.05) is 0 Å². The monoisotopic (exact) mass is 310 g/mol. The van der Waals surface area contributed by atoms with E-state index in [0.29, 0.717) is 5.76 Å². The van der Waals surface area contributed by atoms with Crippen LogP contribution in [-0.2, 0) is 6.61 Å². The fraction of sp³-hybridized carbons (Fsp3) is 0.211. The van der Waals surface area contributed by atoms with Gasteiger partial charge < -0.3 is 14.3 Å². The van der Waals surface area contributed by atoms with Crippen molar-refractivity contribution in [3.8, 4) is 5.75 Å². The lowest BCUT2D eigenvalue weighted by molar-refractivity contribution is 0.101. The largest absolute Gasteiger partial charge is 0.483 e. The number of allylic oxidation sites excluding steroid dienone is 1. The smallest absolute Gasteiger partial charge is 0.221 e. The van der Waals surface area contributed by atoms with Gasteiger partial charge in [0.25, 0.3) is 0 Å². The Bertz CT molecular complexity index is 793. The van der Waals surface area contributed by atoms with Crippen LogP contribution in [-0.4, -0.2) is 16.5 Å². The first-order valence-electron chi connectivity index (χ1n) is 7.41. The van der Waals surface area contributed by atoms with E-state index in [4.69, 9.17) is 14.3 Å². The fourth-order valence-corrected chi connectivity index (χ4v) is 2.35. The third-order valence-electron chi connectivity index (χ3n) is 3.56. The molecule has 0 aliphatic carbocycles. The molecular formula is C19H18O4. The van der Waals surface area contributed by atoms with Gasteiger partial charge in [0.1, 0.15) is 23.7 Å². The number of fused-ring (bicyclic) bond motifs is 1. The fourth-order valence-electron chi connectivity index (χ4n) is 2.35. The lowest BCUT2D eigenvalue weighted by Gasteiger charge is -2.27. The van der Waals surface area contributed by atoms with Crippen molar-refractivity contribution in [2.24, 2.45) is 0 Å². The van der Waals surface area contributed by atoms with Crippen LogP contribution >= 0.6 is 0 Å². The summed E-state index contributed by atoms with van der Waals surface area (Å²) in [7, 11) is 0. The first-order chi connectivity index (χ1) is 11.0. The number of carbonyl (C=O) groups excluding carboxylic acids is 1. The Morgan fingerprint density at radius 2 is 2.09 bits per heavy atom. The summed E-state index contributed by atoms with van der Waals surface area (Å²) in [5, 5.41) is 8.95. The van der Waals surface area contributed by atoms with E-state index < -0.39 is 0 Å². The number of hydrogen-bond acceptors (Lipinski definition) is 4. The highest BCUT2D eigenvalue weighted by atomic mass is 16.5. The van der Waals surface area contributed by atoms with E-state index in [2.05, 4.69) is 0 Å². The van der Waals surface area contributed by atoms with Gasteiger partial charge in [-0.1, -0.05) is 18.2 Å². The molecule has 4 nitrogen and oxygen atoms in total. The van der Waals surface area contributed by atoms with Gasteiger partial charge in [-0.3, -0.25) is 4.79 Å². The van der Waals surface area contributed by atoms with Crippen LogP contribution in [0.15, 0.2) is 46.9 Å². The number of benzene rings is 1. The van der Waals surface area contributed by atoms with Gasteiger partial charge in [-0.05, 0) is 55.8 Å². The van der Waals surface area contributed by atoms with Crippen molar-refractivity contribution >= 4 is 17.9 Å². The Morgan fingerprint density at radius 1 is 1.26 bits per heavy atom. The number of aliphatic hydroxyl groups is 1. The highest BCUT2D eigenvalue weighted by Crippen LogP contribution is 2.31. The van der Waals surface area contributed by atoms with Gasteiger partial charge in [0.05, 0.1) is 0 Å². The highest BCUT2D eigenvalue weighted by Gasteiger charge is 2.21. The number of furan rings is 1. The predicted octanol–water partition coefficient (Wildman–Crippen LogP) is 3.85. The first kappa shape index (κ1) is 15.3. The van der Waals surface area contributed by atoms with E-state index in [0.717, 1.165) is 16.9 Å². The Kier molecular flexibility index (Phi) is 3.92. The average Bonchev–Trinajstić information content (AvgIpc) is 3.01. The average molecular weight is 310 g/mol. The molecule has 0 bridgehead atoms. The minimum Gasteiger partial charge on any atom is -0.483 e. The molecular weight excluding hydrogens is 292 g/mol. The van der Waals surface area contributed by atoms with Crippen LogP contribution in [0.25, 0.3) is 12.2 Å². The number of ether oxygens (including phenoxy) is 1. The number of rotatable bonds is 4. The van der Waals surface area contributed by atoms with E-state index in [1.807, 2.05) is 44.2 Å². The lowest BCUT2D eigenvalue weighted by Crippen LogP contribution is -2.27. The van der Waals surface area contributed by atoms with E-state index in [1.54, 1.807) is 18.2 Å². The summed E-state index contributed by atoms with van der Waals surface area (Å²) in [4.78, 5) is 12.0. The Labute approximate surface area is 134 Å². The quantitative estimate of drug-likeness (QED) is 0.688. The SMILES string of the molecule is CC1(C)C=Cc2cc(/C=C/C(=O)c3ccc(CO)o3)ccc2O1. The molecule has 4 heteroatoms. The molecule has 0 atom stereocenters. The molecule has 0 fully saturated rings. The molecule has 23 heavy (non-hydrogen) atoms. The van der Waals surface area contributed by atoms with Gasteiger partial charge in [0.15, 0.2) is 5.76 Å². The molecule has 118 valence electrons. The second-order valence-electron chi connectivity index (χ2n) is 5.96. The van der Waals surface area contributed by atoms with Crippen LogP contribution in [0, 0.1) is 0 Å². The molecule has 3 rings (SSSR count). The van der Waals surface area contributed by atoms with Gasteiger partial charge in [0.2, 0.25) is 5.78 Å². The van der Waals surface area contributed by atoms with Crippen LogP contribution in [0.5, 0.6) is 5.75 Å². The molecule has 0 radical (unpaired) electrons. The molecule has 1 aromatic carbocycles. The van der Waals surface area contributed by atoms with Gasteiger partial charge in [0, 0.05) is 5.56 Å². The number of aliphatic hydroxyl groups excluding tert-OH is 1. The molecule has 0 unspecified atom stereocenters. The third-order valence-corrected chi connectivity index (χ3v) is 3.56. The lowest BCUT2D eigenvalue weighted by atomic mass is 10.0. The zero-order valence-corrected chi connectivity index (χ0v) is 13.1. The molecule has 1 aromatic heterocycles. The minimum absolute atomic E-state index is 0.216. The maximum Gasteiger partial charge on any atom is 0.221 e. The van der Waals surface area contributed by atoms with Crippen molar-refractivity contribution in [1.29, 1.82) is 0 Å². The topological polar surface area (TPSA) is 59.7 Å². The second-order valence-corrected chi connectivity index (χ2v) is 5.96. The zero-order chi connectivity index (χ0) is 16.4. The number of hydrogen-bond donors (Lipinski definition) is 1. The van der Waals surface area contributed by atoms with Crippen LogP contribution in [0.1, 0.15) is 41.3 Å². The van der Waals surface area contributed by atoms with Gasteiger partial charge in [-0.25, -0.2) is 0 Å². The third kappa shape index (κ3) is 3.43. The molecule has 0 saturated carbocycles. The number of ketones is 1. The summed E-state index contributed by atoms with van der Waals surface area (Å²) in [6.07, 6.45) is 7.22. The van der Waals surface area contributed by atoms with Crippen molar-refractivity contribution in [3.05, 3.63) is 65.1 Å². The minimum atomic E-state index is -0.302. The van der Waals surface area contributed by atoms with Gasteiger partial charge >= 0.3 is 0 Å². The second kappa shape index (κ2) is 5.89. The standard InChI is InChI=1S/C19H18O4/c1-19(2)10-9-14-11-13(4-7-17(14)23-19)3-6-16(21)18-8-5-15(12-20)22-18/h3-11,20H,12H2,1-2H3/b6-3+. The van der Waals surface area contributed by atoms with Crippen molar-refractivity contribution < 1.29 is 19.1 Å². The molecule has 1 N–H and O–H groups in total. The molecule has 2 aromatic rings. The van der Waals surface area contributed by atoms with Gasteiger partial charge in [-0.2, -0.15) is 0 Å². The van der Waals surface area contributed by atoms with Gasteiger partial charge in [-0.15, -0.1) is 0 Å². The summed E-state index contributed by atoms with van der Waals surface area (Å²) in [6, 6.07) is 8.92. The molecule has 0 spiro atoms. The normalized spacial score (nSPS) is 15.4. The maximum absolute atomic E-state index is 12.0. The van der Waals surface area contributed by atoms with Crippen LogP contribution in [0.4, 0.5) is 0 Å². The first-order valence-corrected chi connectivity index (χ1v) is 7.41. The zero-order valence-electron chi connectivity index (χ0n) is 13.1. The molecule has 0 saturated heterocycles. The van der Waals surface area contributed by atoms with Crippen LogP contribution < -0.4 is 4.74 Å². The summed E-state index contributed by atoms with van der Waals surface area (Å²) >= 11 is 0. The summed E-state index contributed by atoms with van der Waals surface area (Å²) < 4.78 is 11.1. The molecule has 1 aliphatic heterocycles. The summed E-state index contributed by atoms with van der Waals surface area (Å²) in [6.45, 7) is 3.79. The van der Waals surface area contributed by atoms with Crippen molar-refractivity contribution in [1.82, 2.24) is 0 Å². The van der Waals surface area contributed by atoms with E-state index in [9.17, 15) is 4.79 Å². The van der Waals surface area contributed by atoms with E-state index in [1.165, 1.54) is 6.08 Å². The summed E-state index contributed by atoms with van der Waals surface area (Å²) in [5.74, 6) is 1.18. The Balaban J connectivity index is 1.77. The predicted molar refractivity (Wildman–Crippen MR) is 88.2 cm³/mol. The van der Waals surface area contributed by atoms with Crippen LogP contribution in [0.2, 0.25) is 0 Å².